The fourth-order valence-corrected chi connectivity index (χ4v) is 3.02. The average Bonchev–Trinajstić information content (AvgIpc) is 2.95. The summed E-state index contributed by atoms with van der Waals surface area (Å²) in [5, 5.41) is 5.87. The van der Waals surface area contributed by atoms with Gasteiger partial charge >= 0.3 is 0 Å². The minimum Gasteiger partial charge on any atom is -0.345 e. The molecular formula is C12H14BrN3OS. The molecule has 18 heavy (non-hydrogen) atoms. The highest BCUT2D eigenvalue weighted by molar-refractivity contribution is 9.10. The van der Waals surface area contributed by atoms with Crippen molar-refractivity contribution in [3.05, 3.63) is 39.0 Å². The molecule has 0 saturated carbocycles. The van der Waals surface area contributed by atoms with E-state index in [0.29, 0.717) is 5.69 Å². The zero-order valence-corrected chi connectivity index (χ0v) is 12.6. The van der Waals surface area contributed by atoms with Crippen LogP contribution in [0.15, 0.2) is 28.3 Å². The van der Waals surface area contributed by atoms with E-state index in [4.69, 9.17) is 0 Å². The molecule has 1 amide bonds. The molecule has 1 unspecified atom stereocenters. The van der Waals surface area contributed by atoms with E-state index in [1.165, 1.54) is 0 Å². The molecule has 0 aliphatic rings. The lowest BCUT2D eigenvalue weighted by Crippen LogP contribution is -2.29. The standard InChI is InChI=1S/C12H14BrN3OS/c1-3-9(12-14-4-5-18-12)15-11(17)10-6-8(13)7-16(10)2/h4-7,9H,3H2,1-2H3,(H,15,17). The molecule has 0 aliphatic heterocycles. The highest BCUT2D eigenvalue weighted by Gasteiger charge is 2.18. The van der Waals surface area contributed by atoms with E-state index in [9.17, 15) is 4.79 Å². The molecule has 0 saturated heterocycles. The Labute approximate surface area is 118 Å². The third-order valence-electron chi connectivity index (χ3n) is 2.67. The Morgan fingerprint density at radius 2 is 2.44 bits per heavy atom. The summed E-state index contributed by atoms with van der Waals surface area (Å²) in [5.41, 5.74) is 0.636. The number of halogens is 1. The number of aryl methyl sites for hydroxylation is 1. The fraction of sp³-hybridized carbons (Fsp3) is 0.333. The van der Waals surface area contributed by atoms with Crippen molar-refractivity contribution in [1.82, 2.24) is 14.9 Å². The van der Waals surface area contributed by atoms with Crippen LogP contribution in [-0.2, 0) is 7.05 Å². The largest absolute Gasteiger partial charge is 0.345 e. The second-order valence-electron chi connectivity index (χ2n) is 3.96. The molecule has 2 aromatic rings. The summed E-state index contributed by atoms with van der Waals surface area (Å²) < 4.78 is 2.70. The molecule has 2 heterocycles. The molecule has 0 fully saturated rings. The van der Waals surface area contributed by atoms with Crippen molar-refractivity contribution in [2.75, 3.05) is 0 Å². The van der Waals surface area contributed by atoms with Crippen LogP contribution < -0.4 is 5.32 Å². The third-order valence-corrected chi connectivity index (χ3v) is 3.99. The monoisotopic (exact) mass is 327 g/mol. The Morgan fingerprint density at radius 3 is 2.94 bits per heavy atom. The summed E-state index contributed by atoms with van der Waals surface area (Å²) in [6.07, 6.45) is 4.44. The van der Waals surface area contributed by atoms with Crippen LogP contribution in [0, 0.1) is 0 Å². The van der Waals surface area contributed by atoms with Gasteiger partial charge in [0.15, 0.2) is 0 Å². The van der Waals surface area contributed by atoms with Crippen LogP contribution in [0.1, 0.15) is 34.9 Å². The molecule has 2 aromatic heterocycles. The Bertz CT molecular complexity index is 536. The second kappa shape index (κ2) is 5.67. The van der Waals surface area contributed by atoms with E-state index in [-0.39, 0.29) is 11.9 Å². The van der Waals surface area contributed by atoms with Gasteiger partial charge in [0, 0.05) is 29.3 Å². The lowest BCUT2D eigenvalue weighted by Gasteiger charge is -2.14. The number of amides is 1. The Balaban J connectivity index is 2.13. The molecule has 1 atom stereocenters. The van der Waals surface area contributed by atoms with E-state index in [1.54, 1.807) is 22.1 Å². The minimum atomic E-state index is -0.0785. The van der Waals surface area contributed by atoms with Crippen molar-refractivity contribution in [1.29, 1.82) is 0 Å². The summed E-state index contributed by atoms with van der Waals surface area (Å²) in [7, 11) is 1.85. The maximum absolute atomic E-state index is 12.2. The molecule has 0 aliphatic carbocycles. The number of carbonyl (C=O) groups excluding carboxylic acids is 1. The summed E-state index contributed by atoms with van der Waals surface area (Å²) in [5.74, 6) is -0.0785. The molecule has 0 spiro atoms. The van der Waals surface area contributed by atoms with E-state index in [2.05, 4.69) is 26.2 Å². The van der Waals surface area contributed by atoms with E-state index in [1.807, 2.05) is 31.6 Å². The van der Waals surface area contributed by atoms with Crippen molar-refractivity contribution in [3.63, 3.8) is 0 Å². The van der Waals surface area contributed by atoms with Crippen molar-refractivity contribution in [3.8, 4) is 0 Å². The van der Waals surface area contributed by atoms with Gasteiger partial charge in [-0.1, -0.05) is 6.92 Å². The van der Waals surface area contributed by atoms with Gasteiger partial charge in [0.2, 0.25) is 0 Å². The molecular weight excluding hydrogens is 314 g/mol. The topological polar surface area (TPSA) is 46.9 Å². The first kappa shape index (κ1) is 13.3. The van der Waals surface area contributed by atoms with Crippen LogP contribution in [-0.4, -0.2) is 15.5 Å². The number of hydrogen-bond acceptors (Lipinski definition) is 3. The molecule has 1 N–H and O–H groups in total. The molecule has 6 heteroatoms. The quantitative estimate of drug-likeness (QED) is 0.937. The van der Waals surface area contributed by atoms with Crippen LogP contribution in [0.5, 0.6) is 0 Å². The maximum atomic E-state index is 12.2. The summed E-state index contributed by atoms with van der Waals surface area (Å²) in [6.45, 7) is 2.03. The molecule has 4 nitrogen and oxygen atoms in total. The third kappa shape index (κ3) is 2.81. The van der Waals surface area contributed by atoms with Gasteiger partial charge in [0.05, 0.1) is 6.04 Å². The Morgan fingerprint density at radius 1 is 1.67 bits per heavy atom. The number of hydrogen-bond donors (Lipinski definition) is 1. The zero-order valence-electron chi connectivity index (χ0n) is 10.2. The van der Waals surface area contributed by atoms with Gasteiger partial charge < -0.3 is 9.88 Å². The number of thiazole rings is 1. The maximum Gasteiger partial charge on any atom is 0.268 e. The number of carbonyl (C=O) groups is 1. The smallest absolute Gasteiger partial charge is 0.268 e. The molecule has 0 bridgehead atoms. The van der Waals surface area contributed by atoms with Crippen LogP contribution >= 0.6 is 27.3 Å². The van der Waals surface area contributed by atoms with Crippen LogP contribution in [0.3, 0.4) is 0 Å². The first-order valence-electron chi connectivity index (χ1n) is 5.64. The highest BCUT2D eigenvalue weighted by Crippen LogP contribution is 2.20. The van der Waals surface area contributed by atoms with Gasteiger partial charge in [-0.25, -0.2) is 4.98 Å². The molecule has 0 aromatic carbocycles. The highest BCUT2D eigenvalue weighted by atomic mass is 79.9. The average molecular weight is 328 g/mol. The van der Waals surface area contributed by atoms with Gasteiger partial charge in [0.1, 0.15) is 10.7 Å². The summed E-state index contributed by atoms with van der Waals surface area (Å²) >= 11 is 4.92. The van der Waals surface area contributed by atoms with Crippen molar-refractivity contribution >= 4 is 33.2 Å². The number of nitrogens with zero attached hydrogens (tertiary/aromatic N) is 2. The predicted octanol–water partition coefficient (Wildman–Crippen LogP) is 3.13. The van der Waals surface area contributed by atoms with Gasteiger partial charge in [-0.2, -0.15) is 0 Å². The molecule has 2 rings (SSSR count). The fourth-order valence-electron chi connectivity index (χ4n) is 1.73. The van der Waals surface area contributed by atoms with Crippen molar-refractivity contribution < 1.29 is 4.79 Å². The van der Waals surface area contributed by atoms with Crippen molar-refractivity contribution in [2.24, 2.45) is 7.05 Å². The Hall–Kier alpha value is -1.14. The lowest BCUT2D eigenvalue weighted by molar-refractivity contribution is 0.0927. The first-order valence-corrected chi connectivity index (χ1v) is 7.31. The second-order valence-corrected chi connectivity index (χ2v) is 5.80. The first-order chi connectivity index (χ1) is 8.61. The van der Waals surface area contributed by atoms with E-state index >= 15 is 0 Å². The minimum absolute atomic E-state index is 0.0221. The van der Waals surface area contributed by atoms with Crippen molar-refractivity contribution in [2.45, 2.75) is 19.4 Å². The van der Waals surface area contributed by atoms with Crippen LogP contribution in [0.2, 0.25) is 0 Å². The van der Waals surface area contributed by atoms with Gasteiger partial charge in [0.25, 0.3) is 5.91 Å². The number of rotatable bonds is 4. The normalized spacial score (nSPS) is 12.4. The van der Waals surface area contributed by atoms with E-state index < -0.39 is 0 Å². The summed E-state index contributed by atoms with van der Waals surface area (Å²) in [4.78, 5) is 16.4. The van der Waals surface area contributed by atoms with E-state index in [0.717, 1.165) is 15.9 Å². The summed E-state index contributed by atoms with van der Waals surface area (Å²) in [6, 6.07) is 1.79. The predicted molar refractivity (Wildman–Crippen MR) is 75.7 cm³/mol. The number of aromatic nitrogens is 2. The van der Waals surface area contributed by atoms with Gasteiger partial charge in [-0.3, -0.25) is 4.79 Å². The van der Waals surface area contributed by atoms with Crippen LogP contribution in [0.4, 0.5) is 0 Å². The molecule has 0 radical (unpaired) electrons. The van der Waals surface area contributed by atoms with Gasteiger partial charge in [-0.05, 0) is 28.4 Å². The molecule has 96 valence electrons. The number of nitrogens with one attached hydrogen (secondary N) is 1. The van der Waals surface area contributed by atoms with Gasteiger partial charge in [-0.15, -0.1) is 11.3 Å². The Kier molecular flexibility index (Phi) is 4.19. The van der Waals surface area contributed by atoms with Crippen LogP contribution in [0.25, 0.3) is 0 Å². The zero-order chi connectivity index (χ0) is 13.1. The lowest BCUT2D eigenvalue weighted by atomic mass is 10.2. The SMILES string of the molecule is CCC(NC(=O)c1cc(Br)cn1C)c1nccs1.